The van der Waals surface area contributed by atoms with Crippen molar-refractivity contribution in [2.24, 2.45) is 5.73 Å². The molecule has 0 aromatic carbocycles. The molecule has 1 rings (SSSR count). The standard InChI is InChI=1S/C5H7BrN2OS/c1-8-2-10-4(6)3(8)5(7)9/h2H2,1H3,(H2,7,9). The van der Waals surface area contributed by atoms with E-state index in [2.05, 4.69) is 15.9 Å². The zero-order valence-corrected chi connectivity index (χ0v) is 7.83. The number of likely N-dealkylation sites (N-methyl/N-ethyl adjacent to an activating group) is 1. The fraction of sp³-hybridized carbons (Fsp3) is 0.400. The molecule has 1 amide bonds. The van der Waals surface area contributed by atoms with E-state index in [-0.39, 0.29) is 5.91 Å². The fourth-order valence-electron chi connectivity index (χ4n) is 0.721. The van der Waals surface area contributed by atoms with E-state index >= 15 is 0 Å². The van der Waals surface area contributed by atoms with Gasteiger partial charge in [0, 0.05) is 7.05 Å². The van der Waals surface area contributed by atoms with Gasteiger partial charge < -0.3 is 10.6 Å². The minimum Gasteiger partial charge on any atom is -0.364 e. The van der Waals surface area contributed by atoms with Gasteiger partial charge in [0.1, 0.15) is 5.70 Å². The summed E-state index contributed by atoms with van der Waals surface area (Å²) in [5.74, 6) is 0.415. The second kappa shape index (κ2) is 2.84. The highest BCUT2D eigenvalue weighted by atomic mass is 79.9. The topological polar surface area (TPSA) is 46.3 Å². The van der Waals surface area contributed by atoms with Crippen LogP contribution in [0.5, 0.6) is 0 Å². The summed E-state index contributed by atoms with van der Waals surface area (Å²) in [4.78, 5) is 12.5. The first-order valence-electron chi connectivity index (χ1n) is 2.66. The smallest absolute Gasteiger partial charge is 0.266 e. The number of nitrogens with zero attached hydrogens (tertiary/aromatic N) is 1. The van der Waals surface area contributed by atoms with Crippen LogP contribution in [0.15, 0.2) is 9.51 Å². The largest absolute Gasteiger partial charge is 0.364 e. The summed E-state index contributed by atoms with van der Waals surface area (Å²) >= 11 is 4.81. The van der Waals surface area contributed by atoms with E-state index in [9.17, 15) is 4.79 Å². The van der Waals surface area contributed by atoms with Gasteiger partial charge >= 0.3 is 0 Å². The molecule has 0 saturated heterocycles. The van der Waals surface area contributed by atoms with Crippen molar-refractivity contribution in [3.8, 4) is 0 Å². The van der Waals surface area contributed by atoms with Crippen molar-refractivity contribution in [2.75, 3.05) is 12.9 Å². The molecule has 0 aromatic rings. The zero-order chi connectivity index (χ0) is 7.72. The molecule has 2 N–H and O–H groups in total. The van der Waals surface area contributed by atoms with E-state index in [1.54, 1.807) is 11.8 Å². The van der Waals surface area contributed by atoms with E-state index in [1.165, 1.54) is 0 Å². The number of rotatable bonds is 1. The summed E-state index contributed by atoms with van der Waals surface area (Å²) in [6, 6.07) is 0. The molecular weight excluding hydrogens is 216 g/mol. The number of amides is 1. The number of thioether (sulfide) groups is 1. The second-order valence-electron chi connectivity index (χ2n) is 1.96. The van der Waals surface area contributed by atoms with Crippen molar-refractivity contribution in [1.29, 1.82) is 0 Å². The van der Waals surface area contributed by atoms with Gasteiger partial charge in [0.25, 0.3) is 5.91 Å². The third-order valence-corrected chi connectivity index (χ3v) is 3.21. The van der Waals surface area contributed by atoms with Gasteiger partial charge in [-0.2, -0.15) is 0 Å². The Morgan fingerprint density at radius 2 is 2.50 bits per heavy atom. The van der Waals surface area contributed by atoms with Crippen LogP contribution in [0.1, 0.15) is 0 Å². The normalized spacial score (nSPS) is 18.4. The molecule has 5 heteroatoms. The molecule has 1 heterocycles. The first-order chi connectivity index (χ1) is 4.63. The Morgan fingerprint density at radius 3 is 2.70 bits per heavy atom. The van der Waals surface area contributed by atoms with E-state index in [0.717, 1.165) is 9.69 Å². The fourth-order valence-corrected chi connectivity index (χ4v) is 2.36. The lowest BCUT2D eigenvalue weighted by Gasteiger charge is -2.10. The minimum absolute atomic E-state index is 0.376. The lowest BCUT2D eigenvalue weighted by atomic mass is 10.4. The minimum atomic E-state index is -0.376. The van der Waals surface area contributed by atoms with E-state index < -0.39 is 0 Å². The Hall–Kier alpha value is -0.160. The lowest BCUT2D eigenvalue weighted by Crippen LogP contribution is -2.25. The predicted molar refractivity (Wildman–Crippen MR) is 45.4 cm³/mol. The molecule has 10 heavy (non-hydrogen) atoms. The van der Waals surface area contributed by atoms with Gasteiger partial charge in [0.15, 0.2) is 0 Å². The van der Waals surface area contributed by atoms with Crippen LogP contribution in [-0.2, 0) is 4.79 Å². The van der Waals surface area contributed by atoms with Gasteiger partial charge in [-0.15, -0.1) is 0 Å². The van der Waals surface area contributed by atoms with Gasteiger partial charge in [-0.1, -0.05) is 11.8 Å². The Labute approximate surface area is 71.8 Å². The zero-order valence-electron chi connectivity index (χ0n) is 5.43. The summed E-state index contributed by atoms with van der Waals surface area (Å²) in [5, 5.41) is 0. The van der Waals surface area contributed by atoms with Gasteiger partial charge in [0.2, 0.25) is 0 Å². The molecule has 0 atom stereocenters. The highest BCUT2D eigenvalue weighted by molar-refractivity contribution is 9.14. The number of carbonyl (C=O) groups is 1. The third kappa shape index (κ3) is 1.29. The number of carbonyl (C=O) groups excluding carboxylic acids is 1. The molecule has 1 aliphatic rings. The first kappa shape index (κ1) is 7.94. The number of hydrogen-bond donors (Lipinski definition) is 1. The van der Waals surface area contributed by atoms with Crippen LogP contribution in [0.2, 0.25) is 0 Å². The van der Waals surface area contributed by atoms with E-state index in [1.807, 2.05) is 11.9 Å². The molecule has 0 aliphatic carbocycles. The summed E-state index contributed by atoms with van der Waals surface area (Å²) in [7, 11) is 1.83. The molecule has 0 unspecified atom stereocenters. The maximum atomic E-state index is 10.7. The molecular formula is C5H7BrN2OS. The maximum absolute atomic E-state index is 10.7. The summed E-state index contributed by atoms with van der Waals surface area (Å²) in [6.45, 7) is 0. The van der Waals surface area contributed by atoms with Gasteiger partial charge in [-0.25, -0.2) is 0 Å². The van der Waals surface area contributed by atoms with E-state index in [0.29, 0.717) is 5.70 Å². The van der Waals surface area contributed by atoms with Crippen LogP contribution in [0.25, 0.3) is 0 Å². The second-order valence-corrected chi connectivity index (χ2v) is 4.23. The van der Waals surface area contributed by atoms with Crippen molar-refractivity contribution >= 4 is 33.6 Å². The van der Waals surface area contributed by atoms with Crippen LogP contribution < -0.4 is 5.73 Å². The molecule has 0 bridgehead atoms. The molecule has 0 aromatic heterocycles. The first-order valence-corrected chi connectivity index (χ1v) is 4.44. The number of halogens is 1. The molecule has 0 radical (unpaired) electrons. The average Bonchev–Trinajstić information content (AvgIpc) is 2.11. The Balaban J connectivity index is 2.88. The summed E-state index contributed by atoms with van der Waals surface area (Å²) in [6.07, 6.45) is 0. The predicted octanol–water partition coefficient (Wildman–Crippen LogP) is 0.672. The molecule has 56 valence electrons. The molecule has 3 nitrogen and oxygen atoms in total. The molecule has 0 spiro atoms. The Morgan fingerprint density at radius 1 is 1.90 bits per heavy atom. The highest BCUT2D eigenvalue weighted by Gasteiger charge is 2.22. The lowest BCUT2D eigenvalue weighted by molar-refractivity contribution is -0.115. The average molecular weight is 223 g/mol. The Bertz CT molecular complexity index is 204. The summed E-state index contributed by atoms with van der Waals surface area (Å²) < 4.78 is 0.836. The SMILES string of the molecule is CN1CSC(Br)=C1C(N)=O. The monoisotopic (exact) mass is 222 g/mol. The molecule has 1 aliphatic heterocycles. The molecule has 0 saturated carbocycles. The van der Waals surface area contributed by atoms with Gasteiger partial charge in [0.05, 0.1) is 9.69 Å². The van der Waals surface area contributed by atoms with Crippen molar-refractivity contribution in [2.45, 2.75) is 0 Å². The van der Waals surface area contributed by atoms with Crippen LogP contribution in [0.3, 0.4) is 0 Å². The van der Waals surface area contributed by atoms with Crippen LogP contribution in [0, 0.1) is 0 Å². The number of nitrogens with two attached hydrogens (primary N) is 1. The number of primary amides is 1. The Kier molecular flexibility index (Phi) is 2.25. The number of hydrogen-bond acceptors (Lipinski definition) is 3. The maximum Gasteiger partial charge on any atom is 0.266 e. The summed E-state index contributed by atoms with van der Waals surface area (Å²) in [5.41, 5.74) is 5.67. The van der Waals surface area contributed by atoms with Crippen LogP contribution in [0.4, 0.5) is 0 Å². The highest BCUT2D eigenvalue weighted by Crippen LogP contribution is 2.34. The van der Waals surface area contributed by atoms with Gasteiger partial charge in [-0.3, -0.25) is 4.79 Å². The van der Waals surface area contributed by atoms with E-state index in [4.69, 9.17) is 5.73 Å². The van der Waals surface area contributed by atoms with Crippen molar-refractivity contribution in [3.63, 3.8) is 0 Å². The van der Waals surface area contributed by atoms with Crippen molar-refractivity contribution in [1.82, 2.24) is 4.90 Å². The van der Waals surface area contributed by atoms with Crippen molar-refractivity contribution < 1.29 is 4.79 Å². The quantitative estimate of drug-likeness (QED) is 0.710. The molecule has 0 fully saturated rings. The van der Waals surface area contributed by atoms with Crippen molar-refractivity contribution in [3.05, 3.63) is 9.51 Å². The van der Waals surface area contributed by atoms with Crippen LogP contribution >= 0.6 is 27.7 Å². The van der Waals surface area contributed by atoms with Crippen LogP contribution in [-0.4, -0.2) is 23.7 Å². The third-order valence-electron chi connectivity index (χ3n) is 1.19. The van der Waals surface area contributed by atoms with Gasteiger partial charge in [-0.05, 0) is 15.9 Å².